The van der Waals surface area contributed by atoms with Crippen molar-refractivity contribution in [2.45, 2.75) is 20.4 Å². The van der Waals surface area contributed by atoms with Crippen molar-refractivity contribution in [1.29, 1.82) is 0 Å². The van der Waals surface area contributed by atoms with Crippen molar-refractivity contribution in [1.82, 2.24) is 24.5 Å². The minimum Gasteiger partial charge on any atom is -0.338 e. The summed E-state index contributed by atoms with van der Waals surface area (Å²) in [7, 11) is 0. The Labute approximate surface area is 162 Å². The zero-order valence-electron chi connectivity index (χ0n) is 16.2. The molecule has 2 aromatic rings. The van der Waals surface area contributed by atoms with Gasteiger partial charge < -0.3 is 14.7 Å². The fourth-order valence-corrected chi connectivity index (χ4v) is 3.43. The maximum absolute atomic E-state index is 12.6. The summed E-state index contributed by atoms with van der Waals surface area (Å²) in [6.07, 6.45) is 0. The SMILES string of the molecule is CCN(CC)C(=O)N1CCN(C(=O)Cn2[nH]c(=O)c3ccccc3c2=O)CC1. The van der Waals surface area contributed by atoms with E-state index in [9.17, 15) is 19.2 Å². The third-order valence-electron chi connectivity index (χ3n) is 5.11. The van der Waals surface area contributed by atoms with Crippen LogP contribution in [0, 0.1) is 0 Å². The van der Waals surface area contributed by atoms with E-state index >= 15 is 0 Å². The van der Waals surface area contributed by atoms with E-state index in [1.54, 1.807) is 39.0 Å². The van der Waals surface area contributed by atoms with Crippen LogP contribution in [-0.4, -0.2) is 75.7 Å². The Balaban J connectivity index is 1.68. The number of hydrogen-bond acceptors (Lipinski definition) is 4. The van der Waals surface area contributed by atoms with E-state index in [0.717, 1.165) is 4.68 Å². The van der Waals surface area contributed by atoms with Crippen molar-refractivity contribution in [3.63, 3.8) is 0 Å². The average Bonchev–Trinajstić information content (AvgIpc) is 2.72. The van der Waals surface area contributed by atoms with E-state index in [-0.39, 0.29) is 23.9 Å². The lowest BCUT2D eigenvalue weighted by molar-refractivity contribution is -0.133. The molecule has 1 aliphatic heterocycles. The molecule has 0 atom stereocenters. The van der Waals surface area contributed by atoms with E-state index in [2.05, 4.69) is 5.10 Å². The number of piperazine rings is 1. The molecule has 28 heavy (non-hydrogen) atoms. The molecular weight excluding hydrogens is 362 g/mol. The van der Waals surface area contributed by atoms with Gasteiger partial charge in [0.1, 0.15) is 6.54 Å². The third-order valence-corrected chi connectivity index (χ3v) is 5.11. The molecule has 3 amide bonds. The number of amides is 3. The van der Waals surface area contributed by atoms with Crippen LogP contribution < -0.4 is 11.1 Å². The zero-order chi connectivity index (χ0) is 20.3. The lowest BCUT2D eigenvalue weighted by Gasteiger charge is -2.37. The Hall–Kier alpha value is -3.10. The van der Waals surface area contributed by atoms with Gasteiger partial charge in [-0.05, 0) is 26.0 Å². The standard InChI is InChI=1S/C19H25N5O4/c1-3-21(4-2)19(28)23-11-9-22(10-12-23)16(25)13-24-18(27)15-8-6-5-7-14(15)17(26)20-24/h5-8H,3-4,9-13H2,1-2H3,(H,20,26). The smallest absolute Gasteiger partial charge is 0.320 e. The third kappa shape index (κ3) is 3.78. The first-order chi connectivity index (χ1) is 13.5. The lowest BCUT2D eigenvalue weighted by atomic mass is 10.2. The molecule has 1 aromatic carbocycles. The van der Waals surface area contributed by atoms with E-state index in [1.165, 1.54) is 0 Å². The number of carbonyl (C=O) groups is 2. The molecule has 1 aromatic heterocycles. The fraction of sp³-hybridized carbons (Fsp3) is 0.474. The Kier molecular flexibility index (Phi) is 5.81. The first-order valence-corrected chi connectivity index (χ1v) is 9.49. The molecule has 3 rings (SSSR count). The molecule has 2 heterocycles. The van der Waals surface area contributed by atoms with E-state index in [4.69, 9.17) is 0 Å². The number of aromatic nitrogens is 2. The summed E-state index contributed by atoms with van der Waals surface area (Å²) in [5.41, 5.74) is -0.809. The predicted octanol–water partition coefficient (Wildman–Crippen LogP) is 0.296. The van der Waals surface area contributed by atoms with Crippen LogP contribution in [-0.2, 0) is 11.3 Å². The van der Waals surface area contributed by atoms with Crippen LogP contribution in [0.15, 0.2) is 33.9 Å². The Morgan fingerprint density at radius 1 is 0.964 bits per heavy atom. The Morgan fingerprint density at radius 2 is 1.54 bits per heavy atom. The number of urea groups is 1. The van der Waals surface area contributed by atoms with Gasteiger partial charge in [0.15, 0.2) is 0 Å². The number of fused-ring (bicyclic) bond motifs is 1. The van der Waals surface area contributed by atoms with Gasteiger partial charge in [0.25, 0.3) is 11.1 Å². The highest BCUT2D eigenvalue weighted by molar-refractivity contribution is 5.81. The second-order valence-electron chi connectivity index (χ2n) is 6.70. The number of rotatable bonds is 4. The van der Waals surface area contributed by atoms with Gasteiger partial charge in [0.05, 0.1) is 10.8 Å². The van der Waals surface area contributed by atoms with E-state index < -0.39 is 11.1 Å². The molecule has 0 saturated carbocycles. The molecule has 9 heteroatoms. The van der Waals surface area contributed by atoms with E-state index in [1.807, 2.05) is 13.8 Å². The number of hydrogen-bond donors (Lipinski definition) is 1. The van der Waals surface area contributed by atoms with Crippen LogP contribution in [0.4, 0.5) is 4.79 Å². The number of aromatic amines is 1. The maximum atomic E-state index is 12.6. The normalized spacial score (nSPS) is 14.4. The quantitative estimate of drug-likeness (QED) is 0.815. The van der Waals surface area contributed by atoms with Gasteiger partial charge in [-0.1, -0.05) is 12.1 Å². The first-order valence-electron chi connectivity index (χ1n) is 9.49. The van der Waals surface area contributed by atoms with Crippen molar-refractivity contribution in [2.24, 2.45) is 0 Å². The van der Waals surface area contributed by atoms with Gasteiger partial charge in [-0.3, -0.25) is 19.5 Å². The topological polar surface area (TPSA) is 98.7 Å². The summed E-state index contributed by atoms with van der Waals surface area (Å²) in [6.45, 7) is 6.63. The molecule has 1 saturated heterocycles. The zero-order valence-corrected chi connectivity index (χ0v) is 16.2. The molecule has 0 bridgehead atoms. The molecule has 0 spiro atoms. The lowest BCUT2D eigenvalue weighted by Crippen LogP contribution is -2.54. The van der Waals surface area contributed by atoms with Crippen molar-refractivity contribution in [2.75, 3.05) is 39.3 Å². The van der Waals surface area contributed by atoms with Gasteiger partial charge in [0, 0.05) is 39.3 Å². The highest BCUT2D eigenvalue weighted by atomic mass is 16.2. The number of H-pyrrole nitrogens is 1. The molecule has 1 aliphatic rings. The monoisotopic (exact) mass is 387 g/mol. The molecular formula is C19H25N5O4. The Bertz CT molecular complexity index is 984. The summed E-state index contributed by atoms with van der Waals surface area (Å²) in [6, 6.07) is 6.50. The minimum absolute atomic E-state index is 0.0211. The van der Waals surface area contributed by atoms with Crippen LogP contribution in [0.5, 0.6) is 0 Å². The summed E-state index contributed by atoms with van der Waals surface area (Å²) >= 11 is 0. The van der Waals surface area contributed by atoms with Crippen molar-refractivity contribution < 1.29 is 9.59 Å². The van der Waals surface area contributed by atoms with Crippen LogP contribution >= 0.6 is 0 Å². The highest BCUT2D eigenvalue weighted by Gasteiger charge is 2.26. The van der Waals surface area contributed by atoms with Crippen molar-refractivity contribution in [3.05, 3.63) is 45.0 Å². The molecule has 1 fully saturated rings. The van der Waals surface area contributed by atoms with Crippen LogP contribution in [0.3, 0.4) is 0 Å². The van der Waals surface area contributed by atoms with Gasteiger partial charge in [-0.25, -0.2) is 9.48 Å². The van der Waals surface area contributed by atoms with Crippen LogP contribution in [0.1, 0.15) is 13.8 Å². The number of nitrogens with one attached hydrogen (secondary N) is 1. The second-order valence-corrected chi connectivity index (χ2v) is 6.70. The van der Waals surface area contributed by atoms with Crippen LogP contribution in [0.2, 0.25) is 0 Å². The maximum Gasteiger partial charge on any atom is 0.320 e. The first kappa shape index (κ1) is 19.7. The summed E-state index contributed by atoms with van der Waals surface area (Å²) in [4.78, 5) is 54.8. The van der Waals surface area contributed by atoms with Gasteiger partial charge in [-0.15, -0.1) is 0 Å². The van der Waals surface area contributed by atoms with Gasteiger partial charge in [0.2, 0.25) is 5.91 Å². The van der Waals surface area contributed by atoms with Crippen molar-refractivity contribution >= 4 is 22.7 Å². The van der Waals surface area contributed by atoms with Crippen molar-refractivity contribution in [3.8, 4) is 0 Å². The van der Waals surface area contributed by atoms with Gasteiger partial charge >= 0.3 is 6.03 Å². The number of carbonyl (C=O) groups excluding carboxylic acids is 2. The second kappa shape index (κ2) is 8.28. The largest absolute Gasteiger partial charge is 0.338 e. The molecule has 0 unspecified atom stereocenters. The number of nitrogens with zero attached hydrogens (tertiary/aromatic N) is 4. The van der Waals surface area contributed by atoms with E-state index in [0.29, 0.717) is 44.7 Å². The molecule has 0 radical (unpaired) electrons. The highest BCUT2D eigenvalue weighted by Crippen LogP contribution is 2.07. The van der Waals surface area contributed by atoms with Crippen LogP contribution in [0.25, 0.3) is 10.8 Å². The molecule has 0 aliphatic carbocycles. The summed E-state index contributed by atoms with van der Waals surface area (Å²) in [5.74, 6) is -0.261. The molecule has 150 valence electrons. The predicted molar refractivity (Wildman–Crippen MR) is 105 cm³/mol. The summed E-state index contributed by atoms with van der Waals surface area (Å²) < 4.78 is 1.06. The molecule has 1 N–H and O–H groups in total. The molecule has 9 nitrogen and oxygen atoms in total. The minimum atomic E-state index is -0.405. The summed E-state index contributed by atoms with van der Waals surface area (Å²) in [5, 5.41) is 3.07. The number of benzene rings is 1. The fourth-order valence-electron chi connectivity index (χ4n) is 3.43. The average molecular weight is 387 g/mol. The Morgan fingerprint density at radius 3 is 2.14 bits per heavy atom. The van der Waals surface area contributed by atoms with Gasteiger partial charge in [-0.2, -0.15) is 0 Å².